The molecule has 5 nitrogen and oxygen atoms in total. The summed E-state index contributed by atoms with van der Waals surface area (Å²) in [5, 5.41) is 15.7. The van der Waals surface area contributed by atoms with E-state index < -0.39 is 23.4 Å². The van der Waals surface area contributed by atoms with Crippen LogP contribution in [0.15, 0.2) is 12.3 Å². The summed E-state index contributed by atoms with van der Waals surface area (Å²) in [6.45, 7) is 4.35. The van der Waals surface area contributed by atoms with Gasteiger partial charge in [-0.25, -0.2) is 0 Å². The molecule has 8 heteroatoms. The van der Waals surface area contributed by atoms with Crippen LogP contribution >= 0.6 is 0 Å². The van der Waals surface area contributed by atoms with Gasteiger partial charge in [-0.1, -0.05) is 13.8 Å². The number of hydrogen-bond donors (Lipinski definition) is 2. The van der Waals surface area contributed by atoms with E-state index in [2.05, 4.69) is 10.4 Å². The number of alkyl halides is 3. The quantitative estimate of drug-likeness (QED) is 0.774. The molecule has 0 aromatic carbocycles. The molecule has 0 radical (unpaired) electrons. The van der Waals surface area contributed by atoms with Crippen LogP contribution in [0.3, 0.4) is 0 Å². The zero-order chi connectivity index (χ0) is 16.1. The van der Waals surface area contributed by atoms with Crippen molar-refractivity contribution in [2.45, 2.75) is 51.4 Å². The first-order valence-electron chi connectivity index (χ1n) is 6.84. The van der Waals surface area contributed by atoms with Crippen molar-refractivity contribution in [2.75, 3.05) is 6.54 Å². The summed E-state index contributed by atoms with van der Waals surface area (Å²) < 4.78 is 38.4. The SMILES string of the molecule is CCNC(CC)(CCCn1ccc(C(F)(F)F)n1)C(=O)O. The number of carboxylic acids is 1. The van der Waals surface area contributed by atoms with Gasteiger partial charge in [-0.05, 0) is 31.9 Å². The maximum absolute atomic E-state index is 12.4. The number of aromatic nitrogens is 2. The van der Waals surface area contributed by atoms with Crippen molar-refractivity contribution in [1.82, 2.24) is 15.1 Å². The number of halogens is 3. The van der Waals surface area contributed by atoms with Crippen molar-refractivity contribution in [1.29, 1.82) is 0 Å². The highest BCUT2D eigenvalue weighted by Crippen LogP contribution is 2.27. The minimum Gasteiger partial charge on any atom is -0.480 e. The molecule has 0 spiro atoms. The third-order valence-corrected chi connectivity index (χ3v) is 3.45. The molecule has 2 N–H and O–H groups in total. The van der Waals surface area contributed by atoms with Crippen molar-refractivity contribution < 1.29 is 23.1 Å². The van der Waals surface area contributed by atoms with Gasteiger partial charge in [0.25, 0.3) is 0 Å². The van der Waals surface area contributed by atoms with Crippen molar-refractivity contribution in [3.8, 4) is 0 Å². The maximum Gasteiger partial charge on any atom is 0.435 e. The molecular formula is C13H20F3N3O2. The predicted octanol–water partition coefficient (Wildman–Crippen LogP) is 2.53. The number of carboxylic acid groups (broad SMARTS) is 1. The summed E-state index contributed by atoms with van der Waals surface area (Å²) in [4.78, 5) is 11.4. The molecule has 1 unspecified atom stereocenters. The third-order valence-electron chi connectivity index (χ3n) is 3.45. The van der Waals surface area contributed by atoms with E-state index in [1.54, 1.807) is 6.92 Å². The number of aryl methyl sites for hydroxylation is 1. The van der Waals surface area contributed by atoms with Crippen molar-refractivity contribution in [3.63, 3.8) is 0 Å². The fourth-order valence-corrected chi connectivity index (χ4v) is 2.24. The van der Waals surface area contributed by atoms with Crippen LogP contribution in [-0.2, 0) is 17.5 Å². The van der Waals surface area contributed by atoms with Crippen LogP contribution in [0, 0.1) is 0 Å². The zero-order valence-electron chi connectivity index (χ0n) is 12.1. The van der Waals surface area contributed by atoms with Crippen LogP contribution in [0.25, 0.3) is 0 Å². The maximum atomic E-state index is 12.4. The number of aliphatic carboxylic acids is 1. The first kappa shape index (κ1) is 17.5. The molecule has 0 aliphatic heterocycles. The number of carbonyl (C=O) groups is 1. The number of rotatable bonds is 8. The van der Waals surface area contributed by atoms with Crippen molar-refractivity contribution >= 4 is 5.97 Å². The third kappa shape index (κ3) is 4.45. The topological polar surface area (TPSA) is 67.2 Å². The van der Waals surface area contributed by atoms with Crippen LogP contribution in [0.1, 0.15) is 38.8 Å². The van der Waals surface area contributed by atoms with Crippen LogP contribution in [0.2, 0.25) is 0 Å². The highest BCUT2D eigenvalue weighted by molar-refractivity contribution is 5.78. The Morgan fingerprint density at radius 3 is 2.52 bits per heavy atom. The summed E-state index contributed by atoms with van der Waals surface area (Å²) in [5.41, 5.74) is -1.97. The lowest BCUT2D eigenvalue weighted by atomic mass is 9.90. The second-order valence-electron chi connectivity index (χ2n) is 4.84. The van der Waals surface area contributed by atoms with E-state index in [0.717, 1.165) is 6.07 Å². The Balaban J connectivity index is 2.62. The van der Waals surface area contributed by atoms with E-state index >= 15 is 0 Å². The standard InChI is InChI=1S/C13H20F3N3O2/c1-3-12(11(20)21,17-4-2)7-5-8-19-9-6-10(18-19)13(14,15)16/h6,9,17H,3-5,7-8H2,1-2H3,(H,20,21). The lowest BCUT2D eigenvalue weighted by Gasteiger charge is -2.29. The highest BCUT2D eigenvalue weighted by atomic mass is 19.4. The number of hydrogen-bond acceptors (Lipinski definition) is 3. The normalized spacial score (nSPS) is 14.9. The number of nitrogens with zero attached hydrogens (tertiary/aromatic N) is 2. The summed E-state index contributed by atoms with van der Waals surface area (Å²) in [5.74, 6) is -0.941. The second-order valence-corrected chi connectivity index (χ2v) is 4.84. The Labute approximate surface area is 121 Å². The lowest BCUT2D eigenvalue weighted by Crippen LogP contribution is -2.51. The van der Waals surface area contributed by atoms with Gasteiger partial charge in [0.1, 0.15) is 5.54 Å². The molecule has 21 heavy (non-hydrogen) atoms. The van der Waals surface area contributed by atoms with Gasteiger partial charge in [0, 0.05) is 12.7 Å². The van der Waals surface area contributed by atoms with Crippen LogP contribution < -0.4 is 5.32 Å². The largest absolute Gasteiger partial charge is 0.480 e. The van der Waals surface area contributed by atoms with Crippen molar-refractivity contribution in [2.24, 2.45) is 0 Å². The van der Waals surface area contributed by atoms with Crippen LogP contribution in [0.5, 0.6) is 0 Å². The molecule has 0 bridgehead atoms. The molecule has 1 atom stereocenters. The van der Waals surface area contributed by atoms with E-state index in [4.69, 9.17) is 0 Å². The number of likely N-dealkylation sites (N-methyl/N-ethyl adjacent to an activating group) is 1. The molecule has 0 saturated carbocycles. The summed E-state index contributed by atoms with van der Waals surface area (Å²) in [6.07, 6.45) is -2.04. The Kier molecular flexibility index (Phi) is 5.77. The Morgan fingerprint density at radius 2 is 2.10 bits per heavy atom. The van der Waals surface area contributed by atoms with Crippen LogP contribution in [0.4, 0.5) is 13.2 Å². The van der Waals surface area contributed by atoms with E-state index in [9.17, 15) is 23.1 Å². The molecule has 0 aliphatic rings. The van der Waals surface area contributed by atoms with Gasteiger partial charge in [-0.3, -0.25) is 9.48 Å². The molecule has 1 heterocycles. The summed E-state index contributed by atoms with van der Waals surface area (Å²) >= 11 is 0. The van der Waals surface area contributed by atoms with E-state index in [1.807, 2.05) is 6.92 Å². The molecule has 0 fully saturated rings. The van der Waals surface area contributed by atoms with Gasteiger partial charge in [0.05, 0.1) is 0 Å². The Hall–Kier alpha value is -1.57. The molecule has 0 amide bonds. The monoisotopic (exact) mass is 307 g/mol. The lowest BCUT2D eigenvalue weighted by molar-refractivity contribution is -0.145. The van der Waals surface area contributed by atoms with Crippen LogP contribution in [-0.4, -0.2) is 32.9 Å². The molecule has 120 valence electrons. The summed E-state index contributed by atoms with van der Waals surface area (Å²) in [6, 6.07) is 0.911. The molecule has 0 saturated heterocycles. The van der Waals surface area contributed by atoms with Gasteiger partial charge >= 0.3 is 12.1 Å². The van der Waals surface area contributed by atoms with Gasteiger partial charge in [-0.2, -0.15) is 18.3 Å². The second kappa shape index (κ2) is 6.93. The van der Waals surface area contributed by atoms with Gasteiger partial charge in [-0.15, -0.1) is 0 Å². The first-order valence-corrected chi connectivity index (χ1v) is 6.84. The van der Waals surface area contributed by atoms with Gasteiger partial charge in [0.15, 0.2) is 5.69 Å². The molecule has 1 rings (SSSR count). The Morgan fingerprint density at radius 1 is 1.43 bits per heavy atom. The average molecular weight is 307 g/mol. The fraction of sp³-hybridized carbons (Fsp3) is 0.692. The van der Waals surface area contributed by atoms with Gasteiger partial charge in [0.2, 0.25) is 0 Å². The highest BCUT2D eigenvalue weighted by Gasteiger charge is 2.35. The summed E-state index contributed by atoms with van der Waals surface area (Å²) in [7, 11) is 0. The predicted molar refractivity (Wildman–Crippen MR) is 70.8 cm³/mol. The average Bonchev–Trinajstić information content (AvgIpc) is 2.86. The molecular weight excluding hydrogens is 287 g/mol. The van der Waals surface area contributed by atoms with Crippen molar-refractivity contribution in [3.05, 3.63) is 18.0 Å². The first-order chi connectivity index (χ1) is 9.75. The minimum atomic E-state index is -4.46. The zero-order valence-corrected chi connectivity index (χ0v) is 12.1. The molecule has 0 aliphatic carbocycles. The molecule has 1 aromatic rings. The Bertz CT molecular complexity index is 473. The van der Waals surface area contributed by atoms with Gasteiger partial charge < -0.3 is 10.4 Å². The number of nitrogens with one attached hydrogen (secondary N) is 1. The smallest absolute Gasteiger partial charge is 0.435 e. The fourth-order valence-electron chi connectivity index (χ4n) is 2.24. The molecule has 1 aromatic heterocycles. The van der Waals surface area contributed by atoms with E-state index in [0.29, 0.717) is 25.8 Å². The van der Waals surface area contributed by atoms with E-state index in [1.165, 1.54) is 10.9 Å². The van der Waals surface area contributed by atoms with E-state index in [-0.39, 0.29) is 6.54 Å². The minimum absolute atomic E-state index is 0.247.